The molecule has 0 saturated carbocycles. The molecule has 1 unspecified atom stereocenters. The van der Waals surface area contributed by atoms with Gasteiger partial charge in [0.05, 0.1) is 0 Å². The molecule has 0 aliphatic carbocycles. The second-order valence-electron chi connectivity index (χ2n) is 2.51. The zero-order valence-corrected chi connectivity index (χ0v) is 7.34. The molecule has 0 fully saturated rings. The molecular formula is C7H10ClNO3. The largest absolute Gasteiger partial charge is 0.478 e. The first-order valence-corrected chi connectivity index (χ1v) is 3.62. The molecule has 0 bridgehead atoms. The van der Waals surface area contributed by atoms with Gasteiger partial charge < -0.3 is 10.8 Å². The van der Waals surface area contributed by atoms with Crippen molar-refractivity contribution in [2.45, 2.75) is 18.2 Å². The van der Waals surface area contributed by atoms with Crippen LogP contribution < -0.4 is 5.73 Å². The zero-order chi connectivity index (χ0) is 9.78. The van der Waals surface area contributed by atoms with E-state index in [9.17, 15) is 9.59 Å². The number of hydrogen-bond acceptors (Lipinski definition) is 2. The van der Waals surface area contributed by atoms with Crippen molar-refractivity contribution in [3.63, 3.8) is 0 Å². The predicted octanol–water partition coefficient (Wildman–Crippen LogP) is 0.500. The molecule has 0 aromatic carbocycles. The molecule has 5 heteroatoms. The third kappa shape index (κ3) is 3.98. The van der Waals surface area contributed by atoms with E-state index in [4.69, 9.17) is 22.4 Å². The Kier molecular flexibility index (Phi) is 3.76. The van der Waals surface area contributed by atoms with Crippen LogP contribution in [0.25, 0.3) is 0 Å². The summed E-state index contributed by atoms with van der Waals surface area (Å²) >= 11 is 5.64. The molecule has 0 aromatic heterocycles. The minimum absolute atomic E-state index is 0.107. The van der Waals surface area contributed by atoms with Crippen LogP contribution in [0, 0.1) is 0 Å². The quantitative estimate of drug-likeness (QED) is 0.502. The molecular weight excluding hydrogens is 182 g/mol. The van der Waals surface area contributed by atoms with Crippen LogP contribution in [-0.4, -0.2) is 21.9 Å². The molecule has 0 aromatic rings. The van der Waals surface area contributed by atoms with Crippen molar-refractivity contribution in [3.8, 4) is 0 Å². The van der Waals surface area contributed by atoms with Gasteiger partial charge in [0.2, 0.25) is 5.91 Å². The van der Waals surface area contributed by atoms with Crippen molar-refractivity contribution < 1.29 is 14.7 Å². The predicted molar refractivity (Wildman–Crippen MR) is 44.8 cm³/mol. The lowest BCUT2D eigenvalue weighted by atomic mass is 10.1. The number of amides is 1. The van der Waals surface area contributed by atoms with E-state index >= 15 is 0 Å². The van der Waals surface area contributed by atoms with Crippen LogP contribution in [-0.2, 0) is 9.59 Å². The third-order valence-corrected chi connectivity index (χ3v) is 1.62. The topological polar surface area (TPSA) is 80.4 Å². The highest BCUT2D eigenvalue weighted by Crippen LogP contribution is 2.18. The van der Waals surface area contributed by atoms with Crippen LogP contribution in [0.3, 0.4) is 0 Å². The fraction of sp³-hybridized carbons (Fsp3) is 0.429. The van der Waals surface area contributed by atoms with Gasteiger partial charge in [0.1, 0.15) is 4.87 Å². The SMILES string of the molecule is CC(Cl)(C/C=C\C(=O)O)C(N)=O. The Morgan fingerprint density at radius 1 is 1.67 bits per heavy atom. The normalized spacial score (nSPS) is 15.8. The smallest absolute Gasteiger partial charge is 0.327 e. The molecule has 0 radical (unpaired) electrons. The minimum Gasteiger partial charge on any atom is -0.478 e. The highest BCUT2D eigenvalue weighted by Gasteiger charge is 2.26. The number of halogens is 1. The van der Waals surface area contributed by atoms with Crippen LogP contribution in [0.5, 0.6) is 0 Å². The number of alkyl halides is 1. The molecule has 1 amide bonds. The van der Waals surface area contributed by atoms with E-state index in [0.29, 0.717) is 0 Å². The molecule has 0 spiro atoms. The molecule has 68 valence electrons. The number of aliphatic carboxylic acids is 1. The molecule has 0 aliphatic rings. The molecule has 0 heterocycles. The summed E-state index contributed by atoms with van der Waals surface area (Å²) < 4.78 is 0. The first-order valence-electron chi connectivity index (χ1n) is 3.24. The maximum absolute atomic E-state index is 10.6. The molecule has 1 atom stereocenters. The summed E-state index contributed by atoms with van der Waals surface area (Å²) in [6, 6.07) is 0. The third-order valence-electron chi connectivity index (χ3n) is 1.28. The summed E-state index contributed by atoms with van der Waals surface area (Å²) in [6.45, 7) is 1.43. The second kappa shape index (κ2) is 4.11. The summed E-state index contributed by atoms with van der Waals surface area (Å²) in [7, 11) is 0. The number of primary amides is 1. The second-order valence-corrected chi connectivity index (χ2v) is 3.34. The summed E-state index contributed by atoms with van der Waals surface area (Å²) in [5, 5.41) is 8.20. The minimum atomic E-state index is -1.20. The fourth-order valence-corrected chi connectivity index (χ4v) is 0.571. The number of carboxylic acid groups (broad SMARTS) is 1. The van der Waals surface area contributed by atoms with Crippen LogP contribution >= 0.6 is 11.6 Å². The highest BCUT2D eigenvalue weighted by atomic mass is 35.5. The van der Waals surface area contributed by atoms with Crippen molar-refractivity contribution in [1.29, 1.82) is 0 Å². The number of hydrogen-bond donors (Lipinski definition) is 2. The molecule has 12 heavy (non-hydrogen) atoms. The summed E-state index contributed by atoms with van der Waals surface area (Å²) in [6.07, 6.45) is 2.32. The summed E-state index contributed by atoms with van der Waals surface area (Å²) in [5.74, 6) is -1.74. The van der Waals surface area contributed by atoms with E-state index in [1.165, 1.54) is 13.0 Å². The van der Waals surface area contributed by atoms with Gasteiger partial charge in [-0.15, -0.1) is 11.6 Å². The number of carbonyl (C=O) groups excluding carboxylic acids is 1. The lowest BCUT2D eigenvalue weighted by Crippen LogP contribution is -2.35. The highest BCUT2D eigenvalue weighted by molar-refractivity contribution is 6.34. The van der Waals surface area contributed by atoms with Gasteiger partial charge in [-0.25, -0.2) is 4.79 Å². The van der Waals surface area contributed by atoms with E-state index < -0.39 is 16.8 Å². The average molecular weight is 192 g/mol. The molecule has 0 rings (SSSR count). The van der Waals surface area contributed by atoms with Gasteiger partial charge in [0.15, 0.2) is 0 Å². The summed E-state index contributed by atoms with van der Waals surface area (Å²) in [4.78, 5) is 19.4. The monoisotopic (exact) mass is 191 g/mol. The molecule has 3 N–H and O–H groups in total. The number of rotatable bonds is 4. The Hall–Kier alpha value is -1.03. The zero-order valence-electron chi connectivity index (χ0n) is 6.58. The van der Waals surface area contributed by atoms with Crippen molar-refractivity contribution >= 4 is 23.5 Å². The number of allylic oxidation sites excluding steroid dienone is 1. The van der Waals surface area contributed by atoms with Gasteiger partial charge in [0.25, 0.3) is 0 Å². The molecule has 0 saturated heterocycles. The molecule has 0 aliphatic heterocycles. The standard InChI is InChI=1S/C7H10ClNO3/c1-7(8,6(9)12)4-2-3-5(10)11/h2-3H,4H2,1H3,(H2,9,12)(H,10,11)/b3-2-. The van der Waals surface area contributed by atoms with E-state index in [1.807, 2.05) is 0 Å². The van der Waals surface area contributed by atoms with Gasteiger partial charge >= 0.3 is 5.97 Å². The Labute approximate surface area is 75.0 Å². The van der Waals surface area contributed by atoms with E-state index in [1.54, 1.807) is 0 Å². The van der Waals surface area contributed by atoms with Crippen LogP contribution in [0.2, 0.25) is 0 Å². The van der Waals surface area contributed by atoms with E-state index in [0.717, 1.165) is 6.08 Å². The first kappa shape index (κ1) is 11.0. The number of carboxylic acids is 1. The van der Waals surface area contributed by atoms with Gasteiger partial charge in [-0.2, -0.15) is 0 Å². The van der Waals surface area contributed by atoms with Gasteiger partial charge in [-0.1, -0.05) is 6.08 Å². The van der Waals surface area contributed by atoms with Crippen molar-refractivity contribution in [3.05, 3.63) is 12.2 Å². The Balaban J connectivity index is 4.09. The molecule has 4 nitrogen and oxygen atoms in total. The van der Waals surface area contributed by atoms with Crippen LogP contribution in [0.15, 0.2) is 12.2 Å². The number of carbonyl (C=O) groups is 2. The van der Waals surface area contributed by atoms with Crippen molar-refractivity contribution in [1.82, 2.24) is 0 Å². The van der Waals surface area contributed by atoms with Crippen LogP contribution in [0.1, 0.15) is 13.3 Å². The van der Waals surface area contributed by atoms with Crippen LogP contribution in [0.4, 0.5) is 0 Å². The van der Waals surface area contributed by atoms with Crippen molar-refractivity contribution in [2.75, 3.05) is 0 Å². The van der Waals surface area contributed by atoms with E-state index in [-0.39, 0.29) is 6.42 Å². The lowest BCUT2D eigenvalue weighted by molar-refractivity contribution is -0.131. The Bertz CT molecular complexity index is 223. The summed E-state index contributed by atoms with van der Waals surface area (Å²) in [5.41, 5.74) is 4.93. The Morgan fingerprint density at radius 3 is 2.50 bits per heavy atom. The maximum Gasteiger partial charge on any atom is 0.327 e. The van der Waals surface area contributed by atoms with Gasteiger partial charge in [-0.05, 0) is 13.3 Å². The maximum atomic E-state index is 10.6. The number of nitrogens with two attached hydrogens (primary N) is 1. The fourth-order valence-electron chi connectivity index (χ4n) is 0.482. The lowest BCUT2D eigenvalue weighted by Gasteiger charge is -2.14. The van der Waals surface area contributed by atoms with Crippen molar-refractivity contribution in [2.24, 2.45) is 5.73 Å². The van der Waals surface area contributed by atoms with E-state index in [2.05, 4.69) is 0 Å². The average Bonchev–Trinajstić information content (AvgIpc) is 1.85. The van der Waals surface area contributed by atoms with Gasteiger partial charge in [0, 0.05) is 6.08 Å². The van der Waals surface area contributed by atoms with Gasteiger partial charge in [-0.3, -0.25) is 4.79 Å². The Morgan fingerprint density at radius 2 is 2.17 bits per heavy atom. The first-order chi connectivity index (χ1) is 5.36.